The summed E-state index contributed by atoms with van der Waals surface area (Å²) in [6.07, 6.45) is 2.29. The summed E-state index contributed by atoms with van der Waals surface area (Å²) in [6, 6.07) is 6.77. The van der Waals surface area contributed by atoms with Crippen LogP contribution < -0.4 is 10.6 Å². The number of hydrogen-bond donors (Lipinski definition) is 1. The van der Waals surface area contributed by atoms with Crippen molar-refractivity contribution in [2.75, 3.05) is 24.6 Å². The Bertz CT molecular complexity index is 423. The number of hydrogen-bond acceptors (Lipinski definition) is 3. The van der Waals surface area contributed by atoms with E-state index in [0.717, 1.165) is 37.0 Å². The summed E-state index contributed by atoms with van der Waals surface area (Å²) in [5, 5.41) is 0. The number of halogens is 1. The predicted molar refractivity (Wildman–Crippen MR) is 83.7 cm³/mol. The second-order valence-corrected chi connectivity index (χ2v) is 6.29. The van der Waals surface area contributed by atoms with Crippen molar-refractivity contribution >= 4 is 21.6 Å². The van der Waals surface area contributed by atoms with Gasteiger partial charge in [-0.1, -0.05) is 22.0 Å². The van der Waals surface area contributed by atoms with E-state index in [1.165, 1.54) is 11.3 Å². The quantitative estimate of drug-likeness (QED) is 0.928. The van der Waals surface area contributed by atoms with Gasteiger partial charge in [0.2, 0.25) is 0 Å². The molecule has 3 nitrogen and oxygen atoms in total. The highest BCUT2D eigenvalue weighted by atomic mass is 79.9. The molecule has 106 valence electrons. The Balaban J connectivity index is 2.14. The van der Waals surface area contributed by atoms with Crippen LogP contribution in [0.4, 0.5) is 5.69 Å². The summed E-state index contributed by atoms with van der Waals surface area (Å²) >= 11 is 3.66. The zero-order chi connectivity index (χ0) is 13.8. The summed E-state index contributed by atoms with van der Waals surface area (Å²) in [6.45, 7) is 7.05. The van der Waals surface area contributed by atoms with E-state index in [-0.39, 0.29) is 6.04 Å². The fourth-order valence-electron chi connectivity index (χ4n) is 2.47. The summed E-state index contributed by atoms with van der Waals surface area (Å²) in [5.41, 5.74) is 8.40. The Morgan fingerprint density at radius 2 is 2.32 bits per heavy atom. The second kappa shape index (κ2) is 6.73. The summed E-state index contributed by atoms with van der Waals surface area (Å²) in [5.74, 6) is 0. The van der Waals surface area contributed by atoms with E-state index >= 15 is 0 Å². The fraction of sp³-hybridized carbons (Fsp3) is 0.600. The maximum Gasteiger partial charge on any atom is 0.0721 e. The third kappa shape index (κ3) is 4.20. The Labute approximate surface area is 124 Å². The van der Waals surface area contributed by atoms with Gasteiger partial charge < -0.3 is 15.4 Å². The number of benzene rings is 1. The van der Waals surface area contributed by atoms with Crippen molar-refractivity contribution in [2.24, 2.45) is 5.73 Å². The molecular formula is C15H23BrN2O. The minimum atomic E-state index is 0.189. The Morgan fingerprint density at radius 1 is 1.53 bits per heavy atom. The van der Waals surface area contributed by atoms with E-state index in [2.05, 4.69) is 46.0 Å². The first-order chi connectivity index (χ1) is 9.06. The predicted octanol–water partition coefficient (Wildman–Crippen LogP) is 2.95. The van der Waals surface area contributed by atoms with Crippen LogP contribution in [0.1, 0.15) is 25.8 Å². The molecule has 0 bridgehead atoms. The highest BCUT2D eigenvalue weighted by Gasteiger charge is 2.16. The molecule has 0 amide bonds. The number of nitrogens with two attached hydrogens (primary N) is 1. The average Bonchev–Trinajstić information content (AvgIpc) is 2.56. The molecular weight excluding hydrogens is 304 g/mol. The lowest BCUT2D eigenvalue weighted by molar-refractivity contribution is 0.0821. The summed E-state index contributed by atoms with van der Waals surface area (Å²) < 4.78 is 6.84. The lowest BCUT2D eigenvalue weighted by Crippen LogP contribution is -2.30. The Morgan fingerprint density at radius 3 is 3.00 bits per heavy atom. The van der Waals surface area contributed by atoms with Gasteiger partial charge >= 0.3 is 0 Å². The molecule has 1 aromatic rings. The van der Waals surface area contributed by atoms with Crippen LogP contribution in [-0.2, 0) is 11.2 Å². The number of ether oxygens (including phenoxy) is 1. The average molecular weight is 327 g/mol. The molecule has 0 saturated carbocycles. The van der Waals surface area contributed by atoms with Crippen LogP contribution in [0.15, 0.2) is 22.7 Å². The van der Waals surface area contributed by atoms with Gasteiger partial charge in [-0.05, 0) is 44.4 Å². The molecule has 1 aliphatic heterocycles. The third-order valence-corrected chi connectivity index (χ3v) is 4.13. The third-order valence-electron chi connectivity index (χ3n) is 3.40. The van der Waals surface area contributed by atoms with Crippen LogP contribution in [0.5, 0.6) is 0 Å². The Hall–Kier alpha value is -0.580. The number of nitrogens with zero attached hydrogens (tertiary/aromatic N) is 1. The summed E-state index contributed by atoms with van der Waals surface area (Å²) in [4.78, 5) is 2.40. The molecule has 1 fully saturated rings. The van der Waals surface area contributed by atoms with Crippen LogP contribution in [0.2, 0.25) is 0 Å². The number of anilines is 1. The molecule has 19 heavy (non-hydrogen) atoms. The maximum absolute atomic E-state index is 5.87. The molecule has 2 rings (SSSR count). The standard InChI is InChI=1S/C15H23BrN2O/c1-11(17)8-13-4-5-14(9-15(13)16)18-6-3-7-19-12(2)10-18/h4-5,9,11-12H,3,6-8,10,17H2,1-2H3. The van der Waals surface area contributed by atoms with Crippen molar-refractivity contribution in [3.05, 3.63) is 28.2 Å². The molecule has 0 radical (unpaired) electrons. The van der Waals surface area contributed by atoms with Gasteiger partial charge in [-0.2, -0.15) is 0 Å². The SMILES string of the molecule is CC(N)Cc1ccc(N2CCCOC(C)C2)cc1Br. The van der Waals surface area contributed by atoms with E-state index in [0.29, 0.717) is 6.10 Å². The highest BCUT2D eigenvalue weighted by molar-refractivity contribution is 9.10. The monoisotopic (exact) mass is 326 g/mol. The first-order valence-electron chi connectivity index (χ1n) is 6.97. The van der Waals surface area contributed by atoms with Gasteiger partial charge in [0.25, 0.3) is 0 Å². The van der Waals surface area contributed by atoms with Crippen molar-refractivity contribution in [2.45, 2.75) is 38.8 Å². The van der Waals surface area contributed by atoms with E-state index < -0.39 is 0 Å². The zero-order valence-electron chi connectivity index (χ0n) is 11.7. The van der Waals surface area contributed by atoms with Crippen molar-refractivity contribution in [1.82, 2.24) is 0 Å². The maximum atomic E-state index is 5.87. The van der Waals surface area contributed by atoms with E-state index in [9.17, 15) is 0 Å². The fourth-order valence-corrected chi connectivity index (χ4v) is 3.00. The van der Waals surface area contributed by atoms with E-state index in [4.69, 9.17) is 10.5 Å². The molecule has 0 spiro atoms. The molecule has 1 aliphatic rings. The van der Waals surface area contributed by atoms with Gasteiger partial charge in [-0.3, -0.25) is 0 Å². The molecule has 0 aliphatic carbocycles. The lowest BCUT2D eigenvalue weighted by Gasteiger charge is -2.25. The van der Waals surface area contributed by atoms with Gasteiger partial charge in [-0.25, -0.2) is 0 Å². The molecule has 2 atom stereocenters. The van der Waals surface area contributed by atoms with Crippen LogP contribution in [0.3, 0.4) is 0 Å². The van der Waals surface area contributed by atoms with Crippen LogP contribution in [0.25, 0.3) is 0 Å². The smallest absolute Gasteiger partial charge is 0.0721 e. The molecule has 2 N–H and O–H groups in total. The minimum Gasteiger partial charge on any atom is -0.377 e. The van der Waals surface area contributed by atoms with Gasteiger partial charge in [0, 0.05) is 35.9 Å². The second-order valence-electron chi connectivity index (χ2n) is 5.44. The van der Waals surface area contributed by atoms with E-state index in [1.807, 2.05) is 6.92 Å². The molecule has 1 saturated heterocycles. The minimum absolute atomic E-state index is 0.189. The topological polar surface area (TPSA) is 38.5 Å². The first-order valence-corrected chi connectivity index (χ1v) is 7.76. The van der Waals surface area contributed by atoms with Crippen LogP contribution >= 0.6 is 15.9 Å². The largest absolute Gasteiger partial charge is 0.377 e. The molecule has 1 heterocycles. The first kappa shape index (κ1) is 14.8. The van der Waals surface area contributed by atoms with Crippen molar-refractivity contribution in [3.63, 3.8) is 0 Å². The van der Waals surface area contributed by atoms with Gasteiger partial charge in [0.15, 0.2) is 0 Å². The molecule has 4 heteroatoms. The zero-order valence-corrected chi connectivity index (χ0v) is 13.3. The summed E-state index contributed by atoms with van der Waals surface area (Å²) in [7, 11) is 0. The molecule has 2 unspecified atom stereocenters. The van der Waals surface area contributed by atoms with Gasteiger partial charge in [0.05, 0.1) is 6.10 Å². The van der Waals surface area contributed by atoms with Crippen LogP contribution in [-0.4, -0.2) is 31.8 Å². The van der Waals surface area contributed by atoms with E-state index in [1.54, 1.807) is 0 Å². The van der Waals surface area contributed by atoms with Gasteiger partial charge in [0.1, 0.15) is 0 Å². The van der Waals surface area contributed by atoms with Crippen molar-refractivity contribution in [1.29, 1.82) is 0 Å². The molecule has 1 aromatic carbocycles. The number of rotatable bonds is 3. The highest BCUT2D eigenvalue weighted by Crippen LogP contribution is 2.26. The normalized spacial score (nSPS) is 22.1. The lowest BCUT2D eigenvalue weighted by atomic mass is 10.1. The Kier molecular flexibility index (Phi) is 5.25. The van der Waals surface area contributed by atoms with Gasteiger partial charge in [-0.15, -0.1) is 0 Å². The molecule has 0 aromatic heterocycles. The van der Waals surface area contributed by atoms with Crippen molar-refractivity contribution in [3.8, 4) is 0 Å². The van der Waals surface area contributed by atoms with Crippen molar-refractivity contribution < 1.29 is 4.74 Å². The van der Waals surface area contributed by atoms with Crippen LogP contribution in [0, 0.1) is 0 Å².